The van der Waals surface area contributed by atoms with Gasteiger partial charge in [-0.2, -0.15) is 0 Å². The monoisotopic (exact) mass is 379 g/mol. The molecule has 3 rings (SSSR count). The van der Waals surface area contributed by atoms with Crippen LogP contribution in [0.15, 0.2) is 52.9 Å². The summed E-state index contributed by atoms with van der Waals surface area (Å²) in [6.45, 7) is 6.30. The molecule has 3 aromatic rings. The van der Waals surface area contributed by atoms with Gasteiger partial charge in [0.1, 0.15) is 5.75 Å². The van der Waals surface area contributed by atoms with Gasteiger partial charge in [-0.25, -0.2) is 0 Å². The second-order valence-corrected chi connectivity index (χ2v) is 7.08. The number of carbonyl (C=O) groups excluding carboxylic acids is 1. The Balaban J connectivity index is 1.68. The largest absolute Gasteiger partial charge is 0.497 e. The Labute approximate surface area is 164 Å². The van der Waals surface area contributed by atoms with Crippen LogP contribution in [0.2, 0.25) is 0 Å². The van der Waals surface area contributed by atoms with E-state index in [-0.39, 0.29) is 24.3 Å². The van der Waals surface area contributed by atoms with Crippen LogP contribution in [0.1, 0.15) is 36.8 Å². The number of hydrogen-bond donors (Lipinski definition) is 1. The zero-order valence-electron chi connectivity index (χ0n) is 16.6. The molecule has 1 aromatic heterocycles. The van der Waals surface area contributed by atoms with E-state index in [1.165, 1.54) is 5.56 Å². The first-order valence-electron chi connectivity index (χ1n) is 9.29. The first kappa shape index (κ1) is 19.6. The van der Waals surface area contributed by atoms with E-state index in [2.05, 4.69) is 15.5 Å². The number of aromatic nitrogens is 2. The molecule has 0 spiro atoms. The van der Waals surface area contributed by atoms with Crippen molar-refractivity contribution in [3.05, 3.63) is 65.5 Å². The van der Waals surface area contributed by atoms with E-state index in [0.717, 1.165) is 11.1 Å². The van der Waals surface area contributed by atoms with Crippen molar-refractivity contribution in [2.45, 2.75) is 33.2 Å². The van der Waals surface area contributed by atoms with Crippen LogP contribution < -0.4 is 10.1 Å². The standard InChI is InChI=1S/C22H25N3O3/c1-14(2)20(16-10-8-15(3)9-11-16)21(26)23-13-19-24-25-22(28-19)17-6-5-7-18(12-17)27-4/h5-12,14,20H,13H2,1-4H3,(H,23,26). The van der Waals surface area contributed by atoms with E-state index in [9.17, 15) is 4.79 Å². The topological polar surface area (TPSA) is 77.3 Å². The van der Waals surface area contributed by atoms with Gasteiger partial charge in [0.05, 0.1) is 19.6 Å². The van der Waals surface area contributed by atoms with Gasteiger partial charge in [-0.3, -0.25) is 4.79 Å². The molecular weight excluding hydrogens is 354 g/mol. The van der Waals surface area contributed by atoms with Crippen LogP contribution in [0.5, 0.6) is 5.75 Å². The van der Waals surface area contributed by atoms with Crippen molar-refractivity contribution in [3.8, 4) is 17.2 Å². The van der Waals surface area contributed by atoms with Crippen molar-refractivity contribution in [2.75, 3.05) is 7.11 Å². The van der Waals surface area contributed by atoms with E-state index in [1.54, 1.807) is 7.11 Å². The lowest BCUT2D eigenvalue weighted by molar-refractivity contribution is -0.123. The lowest BCUT2D eigenvalue weighted by Gasteiger charge is -2.20. The van der Waals surface area contributed by atoms with Crippen LogP contribution in [0, 0.1) is 12.8 Å². The molecule has 1 unspecified atom stereocenters. The zero-order valence-corrected chi connectivity index (χ0v) is 16.6. The first-order valence-corrected chi connectivity index (χ1v) is 9.29. The predicted octanol–water partition coefficient (Wildman–Crippen LogP) is 4.11. The van der Waals surface area contributed by atoms with E-state index >= 15 is 0 Å². The van der Waals surface area contributed by atoms with Crippen molar-refractivity contribution in [1.29, 1.82) is 0 Å². The van der Waals surface area contributed by atoms with Crippen molar-refractivity contribution >= 4 is 5.91 Å². The highest BCUT2D eigenvalue weighted by Crippen LogP contribution is 2.26. The first-order chi connectivity index (χ1) is 13.5. The van der Waals surface area contributed by atoms with Crippen molar-refractivity contribution in [3.63, 3.8) is 0 Å². The van der Waals surface area contributed by atoms with Gasteiger partial charge in [0.15, 0.2) is 0 Å². The quantitative estimate of drug-likeness (QED) is 0.668. The highest BCUT2D eigenvalue weighted by Gasteiger charge is 2.24. The Kier molecular flexibility index (Phi) is 6.09. The maximum Gasteiger partial charge on any atom is 0.247 e. The number of hydrogen-bond acceptors (Lipinski definition) is 5. The third-order valence-electron chi connectivity index (χ3n) is 4.58. The summed E-state index contributed by atoms with van der Waals surface area (Å²) in [6.07, 6.45) is 0. The number of nitrogens with one attached hydrogen (secondary N) is 1. The maximum absolute atomic E-state index is 12.8. The molecule has 0 saturated carbocycles. The van der Waals surface area contributed by atoms with E-state index in [1.807, 2.05) is 69.3 Å². The molecule has 1 atom stereocenters. The fourth-order valence-electron chi connectivity index (χ4n) is 3.08. The minimum Gasteiger partial charge on any atom is -0.497 e. The average molecular weight is 379 g/mol. The molecule has 0 aliphatic carbocycles. The molecule has 28 heavy (non-hydrogen) atoms. The number of amides is 1. The minimum absolute atomic E-state index is 0.0556. The highest BCUT2D eigenvalue weighted by molar-refractivity contribution is 5.83. The van der Waals surface area contributed by atoms with Gasteiger partial charge in [0, 0.05) is 5.56 Å². The molecule has 146 valence electrons. The molecule has 6 nitrogen and oxygen atoms in total. The molecule has 1 N–H and O–H groups in total. The molecular formula is C22H25N3O3. The Bertz CT molecular complexity index is 932. The lowest BCUT2D eigenvalue weighted by atomic mass is 9.87. The van der Waals surface area contributed by atoms with Crippen molar-refractivity contribution in [2.24, 2.45) is 5.92 Å². The third kappa shape index (κ3) is 4.57. The second kappa shape index (κ2) is 8.69. The van der Waals surface area contributed by atoms with Gasteiger partial charge < -0.3 is 14.5 Å². The zero-order chi connectivity index (χ0) is 20.1. The fraction of sp³-hybridized carbons (Fsp3) is 0.318. The molecule has 0 aliphatic heterocycles. The molecule has 0 radical (unpaired) electrons. The molecule has 1 amide bonds. The summed E-state index contributed by atoms with van der Waals surface area (Å²) in [6, 6.07) is 15.5. The predicted molar refractivity (Wildman–Crippen MR) is 107 cm³/mol. The fourth-order valence-corrected chi connectivity index (χ4v) is 3.08. The molecule has 0 bridgehead atoms. The van der Waals surface area contributed by atoms with Crippen LogP contribution in [0.3, 0.4) is 0 Å². The van der Waals surface area contributed by atoms with E-state index < -0.39 is 0 Å². The summed E-state index contributed by atoms with van der Waals surface area (Å²) in [5.74, 6) is 1.34. The molecule has 6 heteroatoms. The highest BCUT2D eigenvalue weighted by atomic mass is 16.5. The van der Waals surface area contributed by atoms with E-state index in [4.69, 9.17) is 9.15 Å². The number of aryl methyl sites for hydroxylation is 1. The summed E-state index contributed by atoms with van der Waals surface area (Å²) >= 11 is 0. The number of benzene rings is 2. The van der Waals surface area contributed by atoms with Gasteiger partial charge in [-0.05, 0) is 36.6 Å². The SMILES string of the molecule is COc1cccc(-c2nnc(CNC(=O)C(c3ccc(C)cc3)C(C)C)o2)c1. The Morgan fingerprint density at radius 1 is 1.14 bits per heavy atom. The number of methoxy groups -OCH3 is 1. The summed E-state index contributed by atoms with van der Waals surface area (Å²) in [4.78, 5) is 12.8. The average Bonchev–Trinajstić information content (AvgIpc) is 3.17. The number of rotatable bonds is 7. The normalized spacial score (nSPS) is 12.0. The maximum atomic E-state index is 12.8. The van der Waals surface area contributed by atoms with Gasteiger partial charge in [-0.1, -0.05) is 49.7 Å². The molecule has 1 heterocycles. The van der Waals surface area contributed by atoms with Crippen LogP contribution in [0.25, 0.3) is 11.5 Å². The van der Waals surface area contributed by atoms with Crippen LogP contribution in [0.4, 0.5) is 0 Å². The minimum atomic E-state index is -0.235. The Morgan fingerprint density at radius 2 is 1.89 bits per heavy atom. The van der Waals surface area contributed by atoms with Crippen LogP contribution in [-0.2, 0) is 11.3 Å². The van der Waals surface area contributed by atoms with Crippen molar-refractivity contribution in [1.82, 2.24) is 15.5 Å². The second-order valence-electron chi connectivity index (χ2n) is 7.08. The Hall–Kier alpha value is -3.15. The number of ether oxygens (including phenoxy) is 1. The Morgan fingerprint density at radius 3 is 2.57 bits per heavy atom. The molecule has 2 aromatic carbocycles. The van der Waals surface area contributed by atoms with Crippen molar-refractivity contribution < 1.29 is 13.9 Å². The number of carbonyl (C=O) groups is 1. The van der Waals surface area contributed by atoms with Gasteiger partial charge in [0.2, 0.25) is 17.7 Å². The smallest absolute Gasteiger partial charge is 0.247 e. The van der Waals surface area contributed by atoms with E-state index in [0.29, 0.717) is 17.5 Å². The molecule has 0 fully saturated rings. The van der Waals surface area contributed by atoms with Gasteiger partial charge >= 0.3 is 0 Å². The van der Waals surface area contributed by atoms with Crippen LogP contribution in [-0.4, -0.2) is 23.2 Å². The summed E-state index contributed by atoms with van der Waals surface area (Å²) < 4.78 is 10.9. The molecule has 0 aliphatic rings. The lowest BCUT2D eigenvalue weighted by Crippen LogP contribution is -2.31. The van der Waals surface area contributed by atoms with Gasteiger partial charge in [0.25, 0.3) is 0 Å². The summed E-state index contributed by atoms with van der Waals surface area (Å²) in [5.41, 5.74) is 2.94. The van der Waals surface area contributed by atoms with Crippen LogP contribution >= 0.6 is 0 Å². The van der Waals surface area contributed by atoms with Gasteiger partial charge in [-0.15, -0.1) is 10.2 Å². The summed E-state index contributed by atoms with van der Waals surface area (Å²) in [5, 5.41) is 11.0. The third-order valence-corrected chi connectivity index (χ3v) is 4.58. The molecule has 0 saturated heterocycles. The number of nitrogens with zero attached hydrogens (tertiary/aromatic N) is 2. The summed E-state index contributed by atoms with van der Waals surface area (Å²) in [7, 11) is 1.60.